The number of rotatable bonds is 16. The molecule has 0 saturated heterocycles. The molecule has 0 aliphatic heterocycles. The lowest BCUT2D eigenvalue weighted by Gasteiger charge is -2.17. The largest absolute Gasteiger partial charge is 0.482 e. The van der Waals surface area contributed by atoms with E-state index in [0.717, 1.165) is 29.8 Å². The molecule has 20 heteroatoms. The van der Waals surface area contributed by atoms with Crippen LogP contribution in [-0.4, -0.2) is 91.9 Å². The van der Waals surface area contributed by atoms with Crippen LogP contribution in [0.4, 0.5) is 37.7 Å². The minimum Gasteiger partial charge on any atom is -0.482 e. The molecule has 4 amide bonds. The van der Waals surface area contributed by atoms with Crippen LogP contribution in [0, 0.1) is 0 Å². The molecule has 0 unspecified atom stereocenters. The highest BCUT2D eigenvalue weighted by molar-refractivity contribution is 6.13. The number of halogens is 6. The van der Waals surface area contributed by atoms with Gasteiger partial charge in [-0.25, -0.2) is 9.59 Å². The maximum Gasteiger partial charge on any atom is 0.416 e. The van der Waals surface area contributed by atoms with Crippen molar-refractivity contribution in [2.75, 3.05) is 52.0 Å². The van der Waals surface area contributed by atoms with Crippen molar-refractivity contribution in [3.05, 3.63) is 203 Å². The molecule has 7 aromatic rings. The number of anilines is 2. The number of aliphatic carboxylic acids is 1. The molecule has 0 aromatic heterocycles. The van der Waals surface area contributed by atoms with Crippen molar-refractivity contribution in [1.82, 2.24) is 9.80 Å². The van der Waals surface area contributed by atoms with E-state index in [1.807, 2.05) is 30.3 Å². The first-order valence-corrected chi connectivity index (χ1v) is 23.0. The van der Waals surface area contributed by atoms with Gasteiger partial charge in [-0.3, -0.25) is 19.2 Å². The summed E-state index contributed by atoms with van der Waals surface area (Å²) >= 11 is 0. The SMILES string of the molecule is CN(C)C(=O)c1cc(OCC(=O)O)ccc1NC(=O)c1ccccc1-c1ccc(C(F)(F)F)cc1.CN(C)C(=O)c1cc(OCC(=O)OCc2ccccc2)ccc1NC(=O)c1ccccc1-c1ccc(C(F)(F)F)cc1. The van der Waals surface area contributed by atoms with Gasteiger partial charge in [0, 0.05) is 39.3 Å². The van der Waals surface area contributed by atoms with Crippen LogP contribution in [0.5, 0.6) is 11.5 Å². The summed E-state index contributed by atoms with van der Waals surface area (Å²) < 4.78 is 93.7. The average Bonchev–Trinajstić information content (AvgIpc) is 3.41. The highest BCUT2D eigenvalue weighted by atomic mass is 19.4. The number of benzene rings is 7. The van der Waals surface area contributed by atoms with Crippen molar-refractivity contribution < 1.29 is 74.4 Å². The third kappa shape index (κ3) is 15.5. The summed E-state index contributed by atoms with van der Waals surface area (Å²) in [7, 11) is 6.11. The maximum absolute atomic E-state index is 13.4. The first kappa shape index (κ1) is 56.8. The highest BCUT2D eigenvalue weighted by Gasteiger charge is 2.31. The second kappa shape index (κ2) is 25.2. The molecular weight excluding hydrogens is 1010 g/mol. The number of carboxylic acid groups (broad SMARTS) is 1. The smallest absolute Gasteiger partial charge is 0.416 e. The monoisotopic (exact) mass is 1060 g/mol. The van der Waals surface area contributed by atoms with E-state index in [9.17, 15) is 55.1 Å². The summed E-state index contributed by atoms with van der Waals surface area (Å²) in [5.74, 6) is -3.51. The summed E-state index contributed by atoms with van der Waals surface area (Å²) in [5.41, 5.74) is 1.75. The highest BCUT2D eigenvalue weighted by Crippen LogP contribution is 2.35. The first-order valence-electron chi connectivity index (χ1n) is 23.0. The fourth-order valence-electron chi connectivity index (χ4n) is 7.27. The van der Waals surface area contributed by atoms with Crippen LogP contribution in [0.2, 0.25) is 0 Å². The molecule has 398 valence electrons. The summed E-state index contributed by atoms with van der Waals surface area (Å²) in [4.78, 5) is 77.7. The van der Waals surface area contributed by atoms with Crippen LogP contribution < -0.4 is 20.1 Å². The summed E-state index contributed by atoms with van der Waals surface area (Å²) in [6, 6.07) is 39.4. The second-order valence-electron chi connectivity index (χ2n) is 17.1. The number of nitrogens with one attached hydrogen (secondary N) is 2. The molecule has 0 bridgehead atoms. The van der Waals surface area contributed by atoms with Crippen molar-refractivity contribution in [3.8, 4) is 33.8 Å². The Bertz CT molecular complexity index is 3260. The average molecular weight is 1060 g/mol. The number of carboxylic acids is 1. The Hall–Kier alpha value is -9.46. The topological polar surface area (TPSA) is 181 Å². The standard InChI is InChI=1S/C32H27F3N2O5.C25H21F3N2O5/c1-37(2)31(40)27-18-24(41-20-29(38)42-19-21-8-4-3-5-9-21)16-17-28(27)36-30(39)26-11-7-6-10-25(26)22-12-14-23(15-13-22)32(33,34)35;1-30(2)24(34)20-13-17(35-14-22(31)32)11-12-21(20)29-23(33)19-6-4-3-5-18(19)15-7-9-16(10-8-15)25(26,27)28/h3-18H,19-20H2,1-2H3,(H,36,39);3-13H,14H2,1-2H3,(H,29,33)(H,31,32). The van der Waals surface area contributed by atoms with E-state index < -0.39 is 72.3 Å². The number of hydrogen-bond acceptors (Lipinski definition) is 9. The van der Waals surface area contributed by atoms with Gasteiger partial charge in [0.05, 0.1) is 33.6 Å². The number of esters is 1. The molecule has 77 heavy (non-hydrogen) atoms. The molecule has 0 aliphatic rings. The van der Waals surface area contributed by atoms with Crippen LogP contribution in [0.15, 0.2) is 164 Å². The van der Waals surface area contributed by atoms with Gasteiger partial charge in [0.15, 0.2) is 13.2 Å². The zero-order valence-electron chi connectivity index (χ0n) is 41.5. The number of carbonyl (C=O) groups excluding carboxylic acids is 5. The molecule has 7 rings (SSSR count). The van der Waals surface area contributed by atoms with E-state index >= 15 is 0 Å². The van der Waals surface area contributed by atoms with Crippen molar-refractivity contribution in [1.29, 1.82) is 0 Å². The van der Waals surface area contributed by atoms with E-state index in [4.69, 9.17) is 19.3 Å². The summed E-state index contributed by atoms with van der Waals surface area (Å²) in [6.07, 6.45) is -8.96. The third-order valence-electron chi connectivity index (χ3n) is 11.1. The molecule has 0 saturated carbocycles. The zero-order chi connectivity index (χ0) is 56.0. The number of hydrogen-bond donors (Lipinski definition) is 3. The molecule has 0 radical (unpaired) electrons. The quantitative estimate of drug-likeness (QED) is 0.0622. The third-order valence-corrected chi connectivity index (χ3v) is 11.1. The Morgan fingerprint density at radius 3 is 1.26 bits per heavy atom. The van der Waals surface area contributed by atoms with E-state index in [-0.39, 0.29) is 51.7 Å². The molecule has 14 nitrogen and oxygen atoms in total. The number of carbonyl (C=O) groups is 6. The Morgan fingerprint density at radius 2 is 0.870 bits per heavy atom. The predicted molar refractivity (Wildman–Crippen MR) is 273 cm³/mol. The Balaban J connectivity index is 0.000000254. The fourth-order valence-corrected chi connectivity index (χ4v) is 7.27. The van der Waals surface area contributed by atoms with Gasteiger partial charge in [0.25, 0.3) is 23.6 Å². The molecule has 3 N–H and O–H groups in total. The van der Waals surface area contributed by atoms with Crippen molar-refractivity contribution in [2.24, 2.45) is 0 Å². The normalized spacial score (nSPS) is 11.0. The van der Waals surface area contributed by atoms with Crippen LogP contribution in [0.3, 0.4) is 0 Å². The molecule has 0 fully saturated rings. The Kier molecular flexibility index (Phi) is 18.6. The van der Waals surface area contributed by atoms with Gasteiger partial charge in [0.1, 0.15) is 18.1 Å². The first-order chi connectivity index (χ1) is 36.5. The van der Waals surface area contributed by atoms with Crippen molar-refractivity contribution in [2.45, 2.75) is 19.0 Å². The lowest BCUT2D eigenvalue weighted by atomic mass is 9.98. The van der Waals surface area contributed by atoms with Crippen LogP contribution in [-0.2, 0) is 33.3 Å². The summed E-state index contributed by atoms with van der Waals surface area (Å²) in [5, 5.41) is 14.2. The lowest BCUT2D eigenvalue weighted by molar-refractivity contribution is -0.147. The molecule has 0 heterocycles. The van der Waals surface area contributed by atoms with Gasteiger partial charge >= 0.3 is 24.3 Å². The fraction of sp³-hybridized carbons (Fsp3) is 0.158. The van der Waals surface area contributed by atoms with Gasteiger partial charge in [-0.2, -0.15) is 26.3 Å². The Morgan fingerprint density at radius 1 is 0.481 bits per heavy atom. The minimum absolute atomic E-state index is 0.0678. The predicted octanol–water partition coefficient (Wildman–Crippen LogP) is 11.2. The maximum atomic E-state index is 13.4. The number of nitrogens with zero attached hydrogens (tertiary/aromatic N) is 2. The van der Waals surface area contributed by atoms with Crippen LogP contribution >= 0.6 is 0 Å². The van der Waals surface area contributed by atoms with Crippen LogP contribution in [0.1, 0.15) is 58.1 Å². The number of ether oxygens (including phenoxy) is 3. The molecular formula is C57H48F6N4O10. The van der Waals surface area contributed by atoms with E-state index in [1.54, 1.807) is 50.5 Å². The van der Waals surface area contributed by atoms with E-state index in [0.29, 0.717) is 22.3 Å². The van der Waals surface area contributed by atoms with Gasteiger partial charge in [0.2, 0.25) is 0 Å². The number of amides is 4. The molecule has 7 aromatic carbocycles. The van der Waals surface area contributed by atoms with Gasteiger partial charge in [-0.1, -0.05) is 91.0 Å². The van der Waals surface area contributed by atoms with Gasteiger partial charge in [-0.15, -0.1) is 0 Å². The second-order valence-corrected chi connectivity index (χ2v) is 17.1. The van der Waals surface area contributed by atoms with Crippen molar-refractivity contribution in [3.63, 3.8) is 0 Å². The number of alkyl halides is 6. The Labute approximate surface area is 437 Å². The minimum atomic E-state index is -4.48. The van der Waals surface area contributed by atoms with Crippen molar-refractivity contribution >= 4 is 46.9 Å². The molecule has 0 aliphatic carbocycles. The van der Waals surface area contributed by atoms with Crippen LogP contribution in [0.25, 0.3) is 22.3 Å². The van der Waals surface area contributed by atoms with Gasteiger partial charge < -0.3 is 39.8 Å². The zero-order valence-corrected chi connectivity index (χ0v) is 41.5. The van der Waals surface area contributed by atoms with E-state index in [1.165, 1.54) is 96.7 Å². The molecule has 0 spiro atoms. The summed E-state index contributed by atoms with van der Waals surface area (Å²) in [6.45, 7) is -0.914. The lowest BCUT2D eigenvalue weighted by Crippen LogP contribution is -2.24. The molecule has 0 atom stereocenters. The van der Waals surface area contributed by atoms with E-state index in [2.05, 4.69) is 10.6 Å². The van der Waals surface area contributed by atoms with Gasteiger partial charge in [-0.05, 0) is 101 Å².